The van der Waals surface area contributed by atoms with Crippen molar-refractivity contribution in [2.24, 2.45) is 0 Å². The van der Waals surface area contributed by atoms with Crippen LogP contribution in [-0.4, -0.2) is 7.11 Å². The van der Waals surface area contributed by atoms with Crippen molar-refractivity contribution in [3.05, 3.63) is 58.7 Å². The molecule has 2 rings (SSSR count). The molecule has 0 spiro atoms. The molecule has 100 valence electrons. The number of benzene rings is 2. The van der Waals surface area contributed by atoms with Gasteiger partial charge in [-0.05, 0) is 50.1 Å². The average Bonchev–Trinajstić information content (AvgIpc) is 2.40. The predicted molar refractivity (Wildman–Crippen MR) is 78.0 cm³/mol. The van der Waals surface area contributed by atoms with Crippen molar-refractivity contribution in [1.29, 1.82) is 0 Å². The third-order valence-electron chi connectivity index (χ3n) is 3.37. The summed E-state index contributed by atoms with van der Waals surface area (Å²) >= 11 is 0. The van der Waals surface area contributed by atoms with Crippen LogP contribution in [0.4, 0.5) is 0 Å². The van der Waals surface area contributed by atoms with Crippen LogP contribution in [0.5, 0.6) is 11.5 Å². The highest BCUT2D eigenvalue weighted by molar-refractivity contribution is 5.40. The van der Waals surface area contributed by atoms with Crippen molar-refractivity contribution in [3.63, 3.8) is 0 Å². The van der Waals surface area contributed by atoms with Crippen molar-refractivity contribution < 1.29 is 9.47 Å². The molecule has 0 aliphatic rings. The van der Waals surface area contributed by atoms with E-state index in [0.29, 0.717) is 6.61 Å². The molecule has 0 atom stereocenters. The van der Waals surface area contributed by atoms with Crippen LogP contribution in [0.25, 0.3) is 0 Å². The topological polar surface area (TPSA) is 18.5 Å². The average molecular weight is 256 g/mol. The molecule has 0 heterocycles. The molecule has 0 aliphatic carbocycles. The van der Waals surface area contributed by atoms with Gasteiger partial charge in [0.25, 0.3) is 0 Å². The number of aryl methyl sites for hydroxylation is 2. The van der Waals surface area contributed by atoms with E-state index in [1.54, 1.807) is 7.11 Å². The molecule has 0 N–H and O–H groups in total. The number of ether oxygens (including phenoxy) is 2. The molecule has 0 amide bonds. The fourth-order valence-electron chi connectivity index (χ4n) is 2.06. The molecule has 0 aromatic heterocycles. The summed E-state index contributed by atoms with van der Waals surface area (Å²) < 4.78 is 11.3. The lowest BCUT2D eigenvalue weighted by Crippen LogP contribution is -2.00. The summed E-state index contributed by atoms with van der Waals surface area (Å²) in [6.45, 7) is 6.77. The Morgan fingerprint density at radius 1 is 0.947 bits per heavy atom. The van der Waals surface area contributed by atoms with Crippen molar-refractivity contribution in [2.75, 3.05) is 7.11 Å². The maximum atomic E-state index is 5.92. The first-order valence-corrected chi connectivity index (χ1v) is 6.44. The Balaban J connectivity index is 2.18. The Kier molecular flexibility index (Phi) is 4.10. The van der Waals surface area contributed by atoms with Crippen LogP contribution in [0.15, 0.2) is 36.4 Å². The molecule has 0 aliphatic heterocycles. The molecular weight excluding hydrogens is 236 g/mol. The molecule has 0 saturated heterocycles. The first-order chi connectivity index (χ1) is 9.11. The van der Waals surface area contributed by atoms with Crippen LogP contribution in [0.3, 0.4) is 0 Å². The van der Waals surface area contributed by atoms with Gasteiger partial charge in [0.1, 0.15) is 18.1 Å². The van der Waals surface area contributed by atoms with E-state index in [4.69, 9.17) is 9.47 Å². The van der Waals surface area contributed by atoms with Gasteiger partial charge < -0.3 is 9.47 Å². The minimum Gasteiger partial charge on any atom is -0.496 e. The SMILES string of the molecule is COc1ccc(C)cc1COc1cccc(C)c1C. The molecule has 0 bridgehead atoms. The van der Waals surface area contributed by atoms with Gasteiger partial charge in [0.2, 0.25) is 0 Å². The van der Waals surface area contributed by atoms with Crippen LogP contribution in [0, 0.1) is 20.8 Å². The fraction of sp³-hybridized carbons (Fsp3) is 0.294. The summed E-state index contributed by atoms with van der Waals surface area (Å²) in [5, 5.41) is 0. The van der Waals surface area contributed by atoms with Gasteiger partial charge in [-0.3, -0.25) is 0 Å². The summed E-state index contributed by atoms with van der Waals surface area (Å²) in [4.78, 5) is 0. The van der Waals surface area contributed by atoms with E-state index < -0.39 is 0 Å². The lowest BCUT2D eigenvalue weighted by molar-refractivity contribution is 0.294. The van der Waals surface area contributed by atoms with E-state index in [1.165, 1.54) is 16.7 Å². The summed E-state index contributed by atoms with van der Waals surface area (Å²) in [5.41, 5.74) is 4.71. The van der Waals surface area contributed by atoms with Crippen LogP contribution in [0.2, 0.25) is 0 Å². The number of hydrogen-bond donors (Lipinski definition) is 0. The van der Waals surface area contributed by atoms with Crippen LogP contribution >= 0.6 is 0 Å². The summed E-state index contributed by atoms with van der Waals surface area (Å²) in [6.07, 6.45) is 0. The monoisotopic (exact) mass is 256 g/mol. The van der Waals surface area contributed by atoms with Gasteiger partial charge in [-0.15, -0.1) is 0 Å². The van der Waals surface area contributed by atoms with E-state index in [2.05, 4.69) is 32.9 Å². The third-order valence-corrected chi connectivity index (χ3v) is 3.37. The van der Waals surface area contributed by atoms with Gasteiger partial charge in [0.15, 0.2) is 0 Å². The second-order valence-electron chi connectivity index (χ2n) is 4.80. The first kappa shape index (κ1) is 13.5. The molecule has 0 fully saturated rings. The summed E-state index contributed by atoms with van der Waals surface area (Å²) in [6, 6.07) is 12.2. The first-order valence-electron chi connectivity index (χ1n) is 6.44. The van der Waals surface area contributed by atoms with Gasteiger partial charge >= 0.3 is 0 Å². The lowest BCUT2D eigenvalue weighted by atomic mass is 10.1. The zero-order valence-electron chi connectivity index (χ0n) is 12.0. The number of methoxy groups -OCH3 is 1. The maximum Gasteiger partial charge on any atom is 0.125 e. The maximum absolute atomic E-state index is 5.92. The molecule has 2 aromatic rings. The zero-order valence-corrected chi connectivity index (χ0v) is 12.0. The normalized spacial score (nSPS) is 10.3. The van der Waals surface area contributed by atoms with Gasteiger partial charge in [-0.25, -0.2) is 0 Å². The van der Waals surface area contributed by atoms with Gasteiger partial charge in [0, 0.05) is 5.56 Å². The van der Waals surface area contributed by atoms with E-state index in [0.717, 1.165) is 17.1 Å². The van der Waals surface area contributed by atoms with E-state index in [1.807, 2.05) is 24.3 Å². The number of hydrogen-bond acceptors (Lipinski definition) is 2. The fourth-order valence-corrected chi connectivity index (χ4v) is 2.06. The van der Waals surface area contributed by atoms with Crippen molar-refractivity contribution in [2.45, 2.75) is 27.4 Å². The van der Waals surface area contributed by atoms with Crippen LogP contribution in [-0.2, 0) is 6.61 Å². The summed E-state index contributed by atoms with van der Waals surface area (Å²) in [5.74, 6) is 1.81. The van der Waals surface area contributed by atoms with Crippen molar-refractivity contribution >= 4 is 0 Å². The Morgan fingerprint density at radius 3 is 2.47 bits per heavy atom. The molecule has 2 nitrogen and oxygen atoms in total. The summed E-state index contributed by atoms with van der Waals surface area (Å²) in [7, 11) is 1.69. The van der Waals surface area contributed by atoms with Crippen LogP contribution in [0.1, 0.15) is 22.3 Å². The molecule has 0 saturated carbocycles. The van der Waals surface area contributed by atoms with E-state index in [-0.39, 0.29) is 0 Å². The second-order valence-corrected chi connectivity index (χ2v) is 4.80. The smallest absolute Gasteiger partial charge is 0.125 e. The molecule has 0 radical (unpaired) electrons. The highest BCUT2D eigenvalue weighted by Gasteiger charge is 2.06. The zero-order chi connectivity index (χ0) is 13.8. The Hall–Kier alpha value is -1.96. The molecule has 2 heteroatoms. The third kappa shape index (κ3) is 3.08. The van der Waals surface area contributed by atoms with Gasteiger partial charge in [0.05, 0.1) is 7.11 Å². The Morgan fingerprint density at radius 2 is 1.74 bits per heavy atom. The minimum atomic E-state index is 0.523. The van der Waals surface area contributed by atoms with Crippen molar-refractivity contribution in [3.8, 4) is 11.5 Å². The van der Waals surface area contributed by atoms with E-state index >= 15 is 0 Å². The highest BCUT2D eigenvalue weighted by Crippen LogP contribution is 2.25. The Bertz CT molecular complexity index is 573. The largest absolute Gasteiger partial charge is 0.496 e. The lowest BCUT2D eigenvalue weighted by Gasteiger charge is -2.13. The molecular formula is C17H20O2. The number of rotatable bonds is 4. The predicted octanol–water partition coefficient (Wildman–Crippen LogP) is 4.20. The second kappa shape index (κ2) is 5.79. The van der Waals surface area contributed by atoms with E-state index in [9.17, 15) is 0 Å². The standard InChI is InChI=1S/C17H20O2/c1-12-8-9-17(18-4)15(10-12)11-19-16-7-5-6-13(2)14(16)3/h5-10H,11H2,1-4H3. The Labute approximate surface area is 115 Å². The molecule has 0 unspecified atom stereocenters. The van der Waals surface area contributed by atoms with Crippen LogP contribution < -0.4 is 9.47 Å². The van der Waals surface area contributed by atoms with Gasteiger partial charge in [-0.1, -0.05) is 23.8 Å². The van der Waals surface area contributed by atoms with Crippen molar-refractivity contribution in [1.82, 2.24) is 0 Å². The molecule has 2 aromatic carbocycles. The molecule has 19 heavy (non-hydrogen) atoms. The minimum absolute atomic E-state index is 0.523. The highest BCUT2D eigenvalue weighted by atomic mass is 16.5. The van der Waals surface area contributed by atoms with Gasteiger partial charge in [-0.2, -0.15) is 0 Å². The quantitative estimate of drug-likeness (QED) is 0.816.